The molecular formula is C23H23N3O5S2. The highest BCUT2D eigenvalue weighted by Crippen LogP contribution is 2.38. The molecule has 1 amide bonds. The van der Waals surface area contributed by atoms with Crippen molar-refractivity contribution in [1.82, 2.24) is 9.29 Å². The molecule has 0 aliphatic carbocycles. The topological polar surface area (TPSA) is 93.0 Å². The number of fused-ring (bicyclic) bond motifs is 1. The molecule has 2 aliphatic rings. The number of nitrogens with zero attached hydrogens (tertiary/aromatic N) is 3. The standard InChI is InChI=1S/C23H23N3O5S2/c1-16-19(24-23(31-16)17-5-3-2-4-6-17)14-26-20-13-18(7-8-21(20)32-15-22(26)27)33(28,29)25-9-11-30-12-10-25/h2-8,13H,9-12,14-15H2,1H3. The molecule has 5 rings (SSSR count). The van der Waals surface area contributed by atoms with E-state index >= 15 is 0 Å². The zero-order valence-corrected chi connectivity index (χ0v) is 19.7. The van der Waals surface area contributed by atoms with Gasteiger partial charge in [0.15, 0.2) is 0 Å². The van der Waals surface area contributed by atoms with Gasteiger partial charge in [-0.05, 0) is 37.3 Å². The van der Waals surface area contributed by atoms with Crippen molar-refractivity contribution in [2.45, 2.75) is 23.3 Å². The van der Waals surface area contributed by atoms with Crippen LogP contribution in [-0.2, 0) is 26.1 Å². The fraction of sp³-hybridized carbons (Fsp3) is 0.304. The van der Waals surface area contributed by atoms with E-state index in [1.54, 1.807) is 23.1 Å². The van der Waals surface area contributed by atoms with E-state index in [2.05, 4.69) is 4.98 Å². The minimum absolute atomic E-state index is 0.0999. The Labute approximate surface area is 196 Å². The molecule has 0 bridgehead atoms. The zero-order valence-electron chi connectivity index (χ0n) is 18.1. The summed E-state index contributed by atoms with van der Waals surface area (Å²) >= 11 is 1.41. The van der Waals surface area contributed by atoms with Gasteiger partial charge in [0, 0.05) is 23.5 Å². The molecule has 8 nitrogen and oxygen atoms in total. The lowest BCUT2D eigenvalue weighted by Crippen LogP contribution is -2.41. The molecule has 2 aliphatic heterocycles. The fourth-order valence-electron chi connectivity index (χ4n) is 3.88. The second-order valence-electron chi connectivity index (χ2n) is 7.80. The second-order valence-corrected chi connectivity index (χ2v) is 10.8. The molecule has 2 aromatic carbocycles. The molecule has 0 radical (unpaired) electrons. The quantitative estimate of drug-likeness (QED) is 0.547. The molecule has 0 N–H and O–H groups in total. The summed E-state index contributed by atoms with van der Waals surface area (Å²) in [7, 11) is -3.68. The Morgan fingerprint density at radius 3 is 2.61 bits per heavy atom. The maximum atomic E-state index is 13.2. The number of aryl methyl sites for hydroxylation is 1. The Morgan fingerprint density at radius 1 is 1.09 bits per heavy atom. The van der Waals surface area contributed by atoms with Gasteiger partial charge in [0.2, 0.25) is 21.8 Å². The average Bonchev–Trinajstić information content (AvgIpc) is 3.22. The van der Waals surface area contributed by atoms with E-state index in [1.165, 1.54) is 16.1 Å². The van der Waals surface area contributed by atoms with Crippen LogP contribution in [0.25, 0.3) is 11.5 Å². The van der Waals surface area contributed by atoms with E-state index in [0.717, 1.165) is 10.5 Å². The van der Waals surface area contributed by atoms with Crippen molar-refractivity contribution in [2.75, 3.05) is 37.0 Å². The number of morpholine rings is 1. The van der Waals surface area contributed by atoms with Gasteiger partial charge in [-0.25, -0.2) is 13.4 Å². The number of carbonyl (C=O) groups excluding carboxylic acids is 1. The van der Waals surface area contributed by atoms with Crippen molar-refractivity contribution in [3.8, 4) is 11.5 Å². The van der Waals surface area contributed by atoms with Gasteiger partial charge >= 0.3 is 0 Å². The number of aromatic nitrogens is 1. The third-order valence-corrected chi connectivity index (χ3v) is 8.64. The van der Waals surface area contributed by atoms with Crippen molar-refractivity contribution < 1.29 is 22.4 Å². The summed E-state index contributed by atoms with van der Waals surface area (Å²) < 4.78 is 38.9. The maximum absolute atomic E-state index is 13.2. The van der Waals surface area contributed by atoms with Crippen molar-refractivity contribution in [1.29, 1.82) is 0 Å². The molecule has 1 aromatic heterocycles. The Balaban J connectivity index is 1.48. The minimum Gasteiger partial charge on any atom is -0.441 e. The number of oxazole rings is 1. The van der Waals surface area contributed by atoms with Crippen LogP contribution in [0.3, 0.4) is 0 Å². The lowest BCUT2D eigenvalue weighted by Gasteiger charge is -2.30. The molecule has 3 aromatic rings. The molecule has 1 fully saturated rings. The van der Waals surface area contributed by atoms with E-state index in [1.807, 2.05) is 37.3 Å². The van der Waals surface area contributed by atoms with E-state index in [-0.39, 0.29) is 23.1 Å². The van der Waals surface area contributed by atoms with Gasteiger partial charge in [-0.2, -0.15) is 4.31 Å². The summed E-state index contributed by atoms with van der Waals surface area (Å²) in [4.78, 5) is 20.1. The number of carbonyl (C=O) groups is 1. The molecule has 33 heavy (non-hydrogen) atoms. The normalized spacial score (nSPS) is 17.2. The third-order valence-electron chi connectivity index (χ3n) is 5.70. The van der Waals surface area contributed by atoms with Gasteiger partial charge in [-0.1, -0.05) is 18.2 Å². The number of hydrogen-bond donors (Lipinski definition) is 0. The summed E-state index contributed by atoms with van der Waals surface area (Å²) in [5.74, 6) is 1.30. The number of rotatable bonds is 5. The first-order valence-corrected chi connectivity index (χ1v) is 13.0. The minimum atomic E-state index is -3.68. The number of anilines is 1. The molecule has 3 heterocycles. The smallest absolute Gasteiger partial charge is 0.243 e. The summed E-state index contributed by atoms with van der Waals surface area (Å²) in [5.41, 5.74) is 2.07. The van der Waals surface area contributed by atoms with E-state index in [0.29, 0.717) is 49.3 Å². The molecule has 0 unspecified atom stereocenters. The number of hydrogen-bond acceptors (Lipinski definition) is 7. The first kappa shape index (κ1) is 22.1. The van der Waals surface area contributed by atoms with Crippen LogP contribution >= 0.6 is 11.8 Å². The van der Waals surface area contributed by atoms with Crippen molar-refractivity contribution in [3.05, 3.63) is 60.0 Å². The van der Waals surface area contributed by atoms with Crippen molar-refractivity contribution in [2.24, 2.45) is 0 Å². The van der Waals surface area contributed by atoms with Crippen LogP contribution < -0.4 is 4.90 Å². The molecule has 0 atom stereocenters. The molecule has 0 spiro atoms. The number of sulfonamides is 1. The Kier molecular flexibility index (Phi) is 6.00. The van der Waals surface area contributed by atoms with Crippen LogP contribution in [0.1, 0.15) is 11.5 Å². The van der Waals surface area contributed by atoms with Gasteiger partial charge in [0.25, 0.3) is 0 Å². The highest BCUT2D eigenvalue weighted by Gasteiger charge is 2.31. The van der Waals surface area contributed by atoms with Crippen molar-refractivity contribution in [3.63, 3.8) is 0 Å². The Bertz CT molecular complexity index is 1280. The maximum Gasteiger partial charge on any atom is 0.243 e. The molecule has 172 valence electrons. The first-order chi connectivity index (χ1) is 15.9. The lowest BCUT2D eigenvalue weighted by molar-refractivity contribution is -0.116. The van der Waals surface area contributed by atoms with E-state index in [9.17, 15) is 13.2 Å². The van der Waals surface area contributed by atoms with Gasteiger partial charge < -0.3 is 14.1 Å². The highest BCUT2D eigenvalue weighted by atomic mass is 32.2. The second kappa shape index (κ2) is 8.94. The van der Waals surface area contributed by atoms with E-state index < -0.39 is 10.0 Å². The summed E-state index contributed by atoms with van der Waals surface area (Å²) in [5, 5.41) is 0. The predicted octanol–water partition coefficient (Wildman–Crippen LogP) is 3.31. The molecule has 10 heteroatoms. The van der Waals surface area contributed by atoms with Crippen LogP contribution in [-0.4, -0.2) is 55.7 Å². The number of thioether (sulfide) groups is 1. The summed E-state index contributed by atoms with van der Waals surface area (Å²) in [6.07, 6.45) is 0. The van der Waals surface area contributed by atoms with Crippen LogP contribution in [0.4, 0.5) is 5.69 Å². The fourth-order valence-corrected chi connectivity index (χ4v) is 6.23. The molecular weight excluding hydrogens is 462 g/mol. The van der Waals surface area contributed by atoms with Crippen LogP contribution in [0.2, 0.25) is 0 Å². The zero-order chi connectivity index (χ0) is 23.0. The highest BCUT2D eigenvalue weighted by molar-refractivity contribution is 8.00. The SMILES string of the molecule is Cc1oc(-c2ccccc2)nc1CN1C(=O)CSc2ccc(S(=O)(=O)N3CCOCC3)cc21. The largest absolute Gasteiger partial charge is 0.441 e. The van der Waals surface area contributed by atoms with Crippen LogP contribution in [0, 0.1) is 6.92 Å². The molecule has 1 saturated heterocycles. The van der Waals surface area contributed by atoms with Crippen LogP contribution in [0.5, 0.6) is 0 Å². The monoisotopic (exact) mass is 485 g/mol. The Morgan fingerprint density at radius 2 is 1.85 bits per heavy atom. The van der Waals surface area contributed by atoms with Crippen molar-refractivity contribution >= 4 is 33.4 Å². The van der Waals surface area contributed by atoms with Gasteiger partial charge in [0.1, 0.15) is 11.5 Å². The third kappa shape index (κ3) is 4.31. The van der Waals surface area contributed by atoms with Gasteiger partial charge in [0.05, 0.1) is 36.1 Å². The first-order valence-electron chi connectivity index (χ1n) is 10.6. The summed E-state index contributed by atoms with van der Waals surface area (Å²) in [6, 6.07) is 14.5. The lowest BCUT2D eigenvalue weighted by atomic mass is 10.2. The predicted molar refractivity (Wildman–Crippen MR) is 125 cm³/mol. The number of amides is 1. The van der Waals surface area contributed by atoms with Crippen LogP contribution in [0.15, 0.2) is 62.7 Å². The summed E-state index contributed by atoms with van der Waals surface area (Å²) in [6.45, 7) is 3.40. The average molecular weight is 486 g/mol. The van der Waals surface area contributed by atoms with Gasteiger partial charge in [-0.3, -0.25) is 4.79 Å². The van der Waals surface area contributed by atoms with E-state index in [4.69, 9.17) is 9.15 Å². The number of benzene rings is 2. The Hall–Kier alpha value is -2.66. The van der Waals surface area contributed by atoms with Gasteiger partial charge in [-0.15, -0.1) is 11.8 Å². The number of ether oxygens (including phenoxy) is 1. The molecule has 0 saturated carbocycles.